The number of nitrogens with one attached hydrogen (secondary N) is 1. The van der Waals surface area contributed by atoms with Crippen LogP contribution in [0.3, 0.4) is 0 Å². The number of ether oxygens (including phenoxy) is 3. The third-order valence-corrected chi connectivity index (χ3v) is 7.04. The van der Waals surface area contributed by atoms with Crippen LogP contribution in [0.4, 0.5) is 5.69 Å². The maximum absolute atomic E-state index is 13.1. The molecular weight excluding hydrogens is 532 g/mol. The molecule has 0 aliphatic carbocycles. The lowest BCUT2D eigenvalue weighted by Gasteiger charge is -2.26. The molecule has 0 amide bonds. The van der Waals surface area contributed by atoms with Crippen molar-refractivity contribution in [2.45, 2.75) is 6.61 Å². The molecule has 4 aromatic rings. The summed E-state index contributed by atoms with van der Waals surface area (Å²) in [4.78, 5) is 27.9. The number of rotatable bonds is 10. The third-order valence-electron chi connectivity index (χ3n) is 6.52. The fourth-order valence-corrected chi connectivity index (χ4v) is 4.88. The van der Waals surface area contributed by atoms with Crippen molar-refractivity contribution in [1.29, 1.82) is 0 Å². The van der Waals surface area contributed by atoms with E-state index in [0.29, 0.717) is 65.5 Å². The maximum atomic E-state index is 13.1. The monoisotopic (exact) mass is 562 g/mol. The molecule has 9 nitrogen and oxygen atoms in total. The number of esters is 1. The molecule has 1 unspecified atom stereocenters. The van der Waals surface area contributed by atoms with Crippen LogP contribution in [-0.4, -0.2) is 60.8 Å². The minimum absolute atomic E-state index is 0.160. The predicted octanol–water partition coefficient (Wildman–Crippen LogP) is 4.23. The average Bonchev–Trinajstić information content (AvgIpc) is 2.97. The molecule has 5 rings (SSSR count). The Balaban J connectivity index is 1.21. The molecule has 0 bridgehead atoms. The standard InChI is InChI=1S/C30H30N2O7S/c1-40(35)31-24-7-5-22(6-8-24)27-20-39-28-18-25(9-10-26(28)29(27)33)38-19-21-3-2-4-23(17-21)30(34)37-16-13-32-11-14-36-15-12-32/h2-10,17-18,20,31H,11-16,19H2,1H3. The smallest absolute Gasteiger partial charge is 0.338 e. The zero-order valence-corrected chi connectivity index (χ0v) is 22.9. The van der Waals surface area contributed by atoms with Crippen LogP contribution in [0.15, 0.2) is 82.2 Å². The largest absolute Gasteiger partial charge is 0.489 e. The van der Waals surface area contributed by atoms with Crippen molar-refractivity contribution in [2.24, 2.45) is 0 Å². The predicted molar refractivity (Wildman–Crippen MR) is 154 cm³/mol. The van der Waals surface area contributed by atoms with E-state index in [1.54, 1.807) is 66.9 Å². The molecular formula is C30H30N2O7S. The molecule has 3 aromatic carbocycles. The van der Waals surface area contributed by atoms with E-state index in [1.807, 2.05) is 6.07 Å². The number of benzene rings is 3. The number of morpholine rings is 1. The van der Waals surface area contributed by atoms with Crippen molar-refractivity contribution in [3.63, 3.8) is 0 Å². The molecule has 1 N–H and O–H groups in total. The number of hydrogen-bond acceptors (Lipinski definition) is 8. The minimum Gasteiger partial charge on any atom is -0.489 e. The first-order valence-corrected chi connectivity index (χ1v) is 14.5. The summed E-state index contributed by atoms with van der Waals surface area (Å²) < 4.78 is 36.7. The Morgan fingerprint density at radius 2 is 1.85 bits per heavy atom. The summed E-state index contributed by atoms with van der Waals surface area (Å²) in [6.07, 6.45) is 2.98. The molecule has 1 aliphatic heterocycles. The van der Waals surface area contributed by atoms with Gasteiger partial charge in [0.2, 0.25) is 0 Å². The topological polar surface area (TPSA) is 107 Å². The number of carbonyl (C=O) groups is 1. The number of carbonyl (C=O) groups excluding carboxylic acids is 1. The summed E-state index contributed by atoms with van der Waals surface area (Å²) >= 11 is 0. The Morgan fingerprint density at radius 3 is 2.62 bits per heavy atom. The van der Waals surface area contributed by atoms with Crippen molar-refractivity contribution in [3.05, 3.63) is 94.3 Å². The van der Waals surface area contributed by atoms with E-state index in [0.717, 1.165) is 18.7 Å². The first-order chi connectivity index (χ1) is 19.5. The summed E-state index contributed by atoms with van der Waals surface area (Å²) in [7, 11) is -1.18. The van der Waals surface area contributed by atoms with Gasteiger partial charge in [0.15, 0.2) is 5.43 Å². The average molecular weight is 563 g/mol. The van der Waals surface area contributed by atoms with E-state index >= 15 is 0 Å². The molecule has 40 heavy (non-hydrogen) atoms. The summed E-state index contributed by atoms with van der Waals surface area (Å²) in [5, 5.41) is 0.434. The van der Waals surface area contributed by atoms with Crippen LogP contribution in [0.2, 0.25) is 0 Å². The molecule has 208 valence electrons. The summed E-state index contributed by atoms with van der Waals surface area (Å²) in [5.41, 5.74) is 3.34. The number of anilines is 1. The van der Waals surface area contributed by atoms with Crippen molar-refractivity contribution in [1.82, 2.24) is 4.90 Å². The lowest BCUT2D eigenvalue weighted by atomic mass is 10.1. The van der Waals surface area contributed by atoms with Gasteiger partial charge in [0.05, 0.1) is 29.7 Å². The van der Waals surface area contributed by atoms with Gasteiger partial charge in [0.1, 0.15) is 41.8 Å². The van der Waals surface area contributed by atoms with Crippen LogP contribution in [0, 0.1) is 0 Å². The molecule has 0 spiro atoms. The second-order valence-corrected chi connectivity index (χ2v) is 10.5. The quantitative estimate of drug-likeness (QED) is 0.286. The highest BCUT2D eigenvalue weighted by molar-refractivity contribution is 7.85. The Bertz CT molecular complexity index is 1560. The van der Waals surface area contributed by atoms with E-state index in [2.05, 4.69) is 9.62 Å². The van der Waals surface area contributed by atoms with Crippen molar-refractivity contribution >= 4 is 33.6 Å². The van der Waals surface area contributed by atoms with Gasteiger partial charge in [-0.05, 0) is 47.5 Å². The molecule has 1 aliphatic rings. The molecule has 1 aromatic heterocycles. The van der Waals surface area contributed by atoms with Gasteiger partial charge in [-0.15, -0.1) is 0 Å². The summed E-state index contributed by atoms with van der Waals surface area (Å²) in [6.45, 7) is 4.34. The van der Waals surface area contributed by atoms with E-state index in [1.165, 1.54) is 6.26 Å². The second-order valence-electron chi connectivity index (χ2n) is 9.35. The highest BCUT2D eigenvalue weighted by Gasteiger charge is 2.14. The van der Waals surface area contributed by atoms with Gasteiger partial charge in [-0.25, -0.2) is 9.00 Å². The third kappa shape index (κ3) is 6.95. The van der Waals surface area contributed by atoms with Gasteiger partial charge in [0, 0.05) is 37.6 Å². The van der Waals surface area contributed by atoms with E-state index in [-0.39, 0.29) is 18.0 Å². The van der Waals surface area contributed by atoms with Crippen LogP contribution in [0.5, 0.6) is 5.75 Å². The van der Waals surface area contributed by atoms with Crippen molar-refractivity contribution in [2.75, 3.05) is 50.4 Å². The number of hydrogen-bond donors (Lipinski definition) is 1. The zero-order valence-electron chi connectivity index (χ0n) is 22.1. The van der Waals surface area contributed by atoms with E-state index in [4.69, 9.17) is 18.6 Å². The van der Waals surface area contributed by atoms with Crippen LogP contribution >= 0.6 is 0 Å². The number of nitrogens with zero attached hydrogens (tertiary/aromatic N) is 1. The Kier molecular flexibility index (Phi) is 8.90. The molecule has 0 saturated carbocycles. The lowest BCUT2D eigenvalue weighted by molar-refractivity contribution is 0.0195. The zero-order chi connectivity index (χ0) is 27.9. The summed E-state index contributed by atoms with van der Waals surface area (Å²) in [5.74, 6) is 0.162. The van der Waals surface area contributed by atoms with Crippen molar-refractivity contribution < 1.29 is 27.6 Å². The van der Waals surface area contributed by atoms with Gasteiger partial charge in [-0.2, -0.15) is 0 Å². The highest BCUT2D eigenvalue weighted by Crippen LogP contribution is 2.25. The highest BCUT2D eigenvalue weighted by atomic mass is 32.2. The first-order valence-electron chi connectivity index (χ1n) is 12.9. The number of fused-ring (bicyclic) bond motifs is 1. The Hall–Kier alpha value is -3.99. The van der Waals surface area contributed by atoms with E-state index < -0.39 is 11.0 Å². The van der Waals surface area contributed by atoms with Gasteiger partial charge >= 0.3 is 5.97 Å². The molecule has 2 heterocycles. The van der Waals surface area contributed by atoms with E-state index in [9.17, 15) is 13.8 Å². The lowest BCUT2D eigenvalue weighted by Crippen LogP contribution is -2.38. The van der Waals surface area contributed by atoms with Gasteiger partial charge in [-0.1, -0.05) is 24.3 Å². The molecule has 10 heteroatoms. The van der Waals surface area contributed by atoms with Crippen LogP contribution in [-0.2, 0) is 27.1 Å². The maximum Gasteiger partial charge on any atom is 0.338 e. The fraction of sp³-hybridized carbons (Fsp3) is 0.267. The molecule has 1 atom stereocenters. The van der Waals surface area contributed by atoms with Crippen LogP contribution in [0.1, 0.15) is 15.9 Å². The fourth-order valence-electron chi connectivity index (χ4n) is 4.41. The van der Waals surface area contributed by atoms with Crippen LogP contribution in [0.25, 0.3) is 22.1 Å². The summed E-state index contributed by atoms with van der Waals surface area (Å²) in [6, 6.07) is 19.3. The second kappa shape index (κ2) is 12.9. The Labute approximate surface area is 234 Å². The SMILES string of the molecule is CS(=O)Nc1ccc(-c2coc3cc(OCc4cccc(C(=O)OCCN5CCOCC5)c4)ccc3c2=O)cc1. The molecule has 1 saturated heterocycles. The van der Waals surface area contributed by atoms with Crippen molar-refractivity contribution in [3.8, 4) is 16.9 Å². The normalized spacial score (nSPS) is 14.5. The Morgan fingerprint density at radius 1 is 1.05 bits per heavy atom. The first kappa shape index (κ1) is 27.6. The van der Waals surface area contributed by atoms with Gasteiger partial charge in [-0.3, -0.25) is 9.69 Å². The van der Waals surface area contributed by atoms with Gasteiger partial charge in [0.25, 0.3) is 0 Å². The van der Waals surface area contributed by atoms with Crippen LogP contribution < -0.4 is 14.9 Å². The van der Waals surface area contributed by atoms with Gasteiger partial charge < -0.3 is 23.3 Å². The molecule has 0 radical (unpaired) electrons. The minimum atomic E-state index is -1.18. The molecule has 1 fully saturated rings.